The van der Waals surface area contributed by atoms with Gasteiger partial charge in [-0.3, -0.25) is 0 Å². The van der Waals surface area contributed by atoms with Crippen molar-refractivity contribution in [3.05, 3.63) is 206 Å². The van der Waals surface area contributed by atoms with Crippen LogP contribution < -0.4 is 0 Å². The van der Waals surface area contributed by atoms with Gasteiger partial charge in [-0.2, -0.15) is 0 Å². The summed E-state index contributed by atoms with van der Waals surface area (Å²) in [5.41, 5.74) is 9.93. The van der Waals surface area contributed by atoms with Gasteiger partial charge in [0.05, 0.1) is 0 Å². The molecule has 0 spiro atoms. The fourth-order valence-electron chi connectivity index (χ4n) is 9.12. The number of hydrogen-bond donors (Lipinski definition) is 0. The molecule has 0 saturated heterocycles. The zero-order valence-corrected chi connectivity index (χ0v) is 29.6. The quantitative estimate of drug-likeness (QED) is 0.128. The molecule has 0 heteroatoms. The SMILES string of the molecule is c1ccc(-c2c3ccccc3c(-c3ccccc3)c3cc4c(cc23)c2c(-c3ccccc3)ccc(-c3ccccc3)c2c2ccc3ccccc3c42)cc1. The predicted octanol–water partition coefficient (Wildman–Crippen LogP) is 15.3. The maximum atomic E-state index is 2.54. The van der Waals surface area contributed by atoms with E-state index in [0.717, 1.165) is 0 Å². The van der Waals surface area contributed by atoms with Crippen LogP contribution in [0.1, 0.15) is 0 Å². The van der Waals surface area contributed by atoms with Gasteiger partial charge in [0.2, 0.25) is 0 Å². The molecule has 0 radical (unpaired) electrons. The second kappa shape index (κ2) is 12.3. The predicted molar refractivity (Wildman–Crippen MR) is 233 cm³/mol. The molecule has 0 aliphatic carbocycles. The molecule has 0 N–H and O–H groups in total. The van der Waals surface area contributed by atoms with E-state index >= 15 is 0 Å². The molecule has 0 fully saturated rings. The molecule has 0 aromatic heterocycles. The minimum Gasteiger partial charge on any atom is -0.0622 e. The molecule has 0 amide bonds. The molecule has 0 nitrogen and oxygen atoms in total. The number of fused-ring (bicyclic) bond motifs is 10. The Hall–Kier alpha value is -7.02. The lowest BCUT2D eigenvalue weighted by atomic mass is 9.81. The first-order chi connectivity index (χ1) is 26.8. The Morgan fingerprint density at radius 3 is 1.09 bits per heavy atom. The van der Waals surface area contributed by atoms with Crippen LogP contribution in [0.2, 0.25) is 0 Å². The van der Waals surface area contributed by atoms with Crippen LogP contribution in [0.4, 0.5) is 0 Å². The average Bonchev–Trinajstić information content (AvgIpc) is 3.25. The van der Waals surface area contributed by atoms with Crippen LogP contribution in [0.25, 0.3) is 109 Å². The van der Waals surface area contributed by atoms with Gasteiger partial charge in [-0.25, -0.2) is 0 Å². The van der Waals surface area contributed by atoms with E-state index in [9.17, 15) is 0 Å². The minimum atomic E-state index is 1.22. The summed E-state index contributed by atoms with van der Waals surface area (Å²) in [6.45, 7) is 0. The summed E-state index contributed by atoms with van der Waals surface area (Å²) in [6.07, 6.45) is 0. The van der Waals surface area contributed by atoms with E-state index in [2.05, 4.69) is 206 Å². The molecule has 0 unspecified atom stereocenters. The Kier molecular flexibility index (Phi) is 6.97. The van der Waals surface area contributed by atoms with Crippen molar-refractivity contribution >= 4 is 64.6 Å². The monoisotopic (exact) mass is 682 g/mol. The normalized spacial score (nSPS) is 11.7. The van der Waals surface area contributed by atoms with E-state index in [0.29, 0.717) is 0 Å². The first kappa shape index (κ1) is 30.6. The van der Waals surface area contributed by atoms with E-state index in [1.54, 1.807) is 0 Å². The van der Waals surface area contributed by atoms with E-state index in [1.165, 1.54) is 109 Å². The second-order valence-corrected chi connectivity index (χ2v) is 14.3. The molecular weight excluding hydrogens is 649 g/mol. The Bertz CT molecular complexity index is 3220. The van der Waals surface area contributed by atoms with Crippen molar-refractivity contribution in [1.29, 1.82) is 0 Å². The summed E-state index contributed by atoms with van der Waals surface area (Å²) >= 11 is 0. The highest BCUT2D eigenvalue weighted by atomic mass is 14.3. The van der Waals surface area contributed by atoms with Gasteiger partial charge in [-0.1, -0.05) is 194 Å². The van der Waals surface area contributed by atoms with Crippen molar-refractivity contribution in [3.63, 3.8) is 0 Å². The molecule has 11 aromatic rings. The maximum Gasteiger partial charge on any atom is -0.00139 e. The number of hydrogen-bond acceptors (Lipinski definition) is 0. The van der Waals surface area contributed by atoms with Gasteiger partial charge in [0.25, 0.3) is 0 Å². The number of rotatable bonds is 4. The molecule has 0 saturated carbocycles. The standard InChI is InChI=1S/C54H34/c1-5-17-35(18-6-1)41-31-32-42(36-19-7-2-8-20-36)54-49-34-47-46(33-48(49)52-40-26-14-13-21-37(40)29-30-45(52)53(41)54)50(38-22-9-3-10-23-38)43-27-15-16-28-44(43)51(47)39-24-11-4-12-25-39/h1-34H. The third-order valence-corrected chi connectivity index (χ3v) is 11.4. The van der Waals surface area contributed by atoms with E-state index in [1.807, 2.05) is 0 Å². The lowest BCUT2D eigenvalue weighted by Crippen LogP contribution is -1.94. The van der Waals surface area contributed by atoms with Crippen LogP contribution in [0, 0.1) is 0 Å². The third kappa shape index (κ3) is 4.64. The highest BCUT2D eigenvalue weighted by Gasteiger charge is 2.22. The molecule has 0 heterocycles. The fraction of sp³-hybridized carbons (Fsp3) is 0. The summed E-state index contributed by atoms with van der Waals surface area (Å²) in [7, 11) is 0. The molecule has 11 rings (SSSR count). The zero-order valence-electron chi connectivity index (χ0n) is 29.6. The summed E-state index contributed by atoms with van der Waals surface area (Å²) in [6, 6.07) is 76.1. The van der Waals surface area contributed by atoms with Crippen LogP contribution >= 0.6 is 0 Å². The van der Waals surface area contributed by atoms with Gasteiger partial charge < -0.3 is 0 Å². The van der Waals surface area contributed by atoms with Crippen LogP contribution in [-0.4, -0.2) is 0 Å². The van der Waals surface area contributed by atoms with Crippen LogP contribution in [0.5, 0.6) is 0 Å². The van der Waals surface area contributed by atoms with Gasteiger partial charge in [-0.05, 0) is 121 Å². The number of benzene rings is 11. The molecule has 0 aliphatic heterocycles. The van der Waals surface area contributed by atoms with Gasteiger partial charge in [0.15, 0.2) is 0 Å². The molecule has 11 aromatic carbocycles. The van der Waals surface area contributed by atoms with Gasteiger partial charge in [-0.15, -0.1) is 0 Å². The fourth-order valence-corrected chi connectivity index (χ4v) is 9.12. The van der Waals surface area contributed by atoms with Crippen molar-refractivity contribution in [2.75, 3.05) is 0 Å². The molecular formula is C54H34. The summed E-state index contributed by atoms with van der Waals surface area (Å²) in [4.78, 5) is 0. The summed E-state index contributed by atoms with van der Waals surface area (Å²) in [5.74, 6) is 0. The van der Waals surface area contributed by atoms with Gasteiger partial charge in [0.1, 0.15) is 0 Å². The van der Waals surface area contributed by atoms with Crippen molar-refractivity contribution < 1.29 is 0 Å². The smallest absolute Gasteiger partial charge is 0.00139 e. The highest BCUT2D eigenvalue weighted by Crippen LogP contribution is 2.50. The van der Waals surface area contributed by atoms with E-state index < -0.39 is 0 Å². The van der Waals surface area contributed by atoms with Gasteiger partial charge in [0, 0.05) is 0 Å². The summed E-state index contributed by atoms with van der Waals surface area (Å²) < 4.78 is 0. The first-order valence-corrected chi connectivity index (χ1v) is 18.8. The zero-order chi connectivity index (χ0) is 35.6. The molecule has 0 bridgehead atoms. The topological polar surface area (TPSA) is 0 Å². The van der Waals surface area contributed by atoms with E-state index in [4.69, 9.17) is 0 Å². The Labute approximate surface area is 314 Å². The minimum absolute atomic E-state index is 1.22. The Balaban J connectivity index is 1.47. The van der Waals surface area contributed by atoms with Crippen molar-refractivity contribution in [2.45, 2.75) is 0 Å². The largest absolute Gasteiger partial charge is 0.0622 e. The third-order valence-electron chi connectivity index (χ3n) is 11.4. The van der Waals surface area contributed by atoms with Crippen LogP contribution in [0.3, 0.4) is 0 Å². The summed E-state index contributed by atoms with van der Waals surface area (Å²) in [5, 5.41) is 15.3. The van der Waals surface area contributed by atoms with Crippen molar-refractivity contribution in [2.24, 2.45) is 0 Å². The second-order valence-electron chi connectivity index (χ2n) is 14.3. The molecule has 54 heavy (non-hydrogen) atoms. The molecule has 250 valence electrons. The lowest BCUT2D eigenvalue weighted by molar-refractivity contribution is 1.64. The van der Waals surface area contributed by atoms with Crippen LogP contribution in [-0.2, 0) is 0 Å². The Morgan fingerprint density at radius 2 is 0.593 bits per heavy atom. The average molecular weight is 683 g/mol. The van der Waals surface area contributed by atoms with Crippen LogP contribution in [0.15, 0.2) is 206 Å². The lowest BCUT2D eigenvalue weighted by Gasteiger charge is -2.22. The highest BCUT2D eigenvalue weighted by molar-refractivity contribution is 6.38. The maximum absolute atomic E-state index is 2.54. The first-order valence-electron chi connectivity index (χ1n) is 18.8. The Morgan fingerprint density at radius 1 is 0.204 bits per heavy atom. The van der Waals surface area contributed by atoms with Crippen molar-refractivity contribution in [3.8, 4) is 44.5 Å². The van der Waals surface area contributed by atoms with Crippen molar-refractivity contribution in [1.82, 2.24) is 0 Å². The molecule has 0 atom stereocenters. The van der Waals surface area contributed by atoms with E-state index in [-0.39, 0.29) is 0 Å². The molecule has 0 aliphatic rings. The van der Waals surface area contributed by atoms with Gasteiger partial charge >= 0.3 is 0 Å².